The largest absolute Gasteiger partial charge is 0.326 e. The first kappa shape index (κ1) is 14.5. The van der Waals surface area contributed by atoms with E-state index in [1.807, 2.05) is 6.20 Å². The van der Waals surface area contributed by atoms with E-state index in [0.29, 0.717) is 12.5 Å². The third kappa shape index (κ3) is 4.29. The van der Waals surface area contributed by atoms with Crippen LogP contribution >= 0.6 is 0 Å². The van der Waals surface area contributed by atoms with Gasteiger partial charge in [-0.15, -0.1) is 0 Å². The number of rotatable bonds is 6. The first-order valence-electron chi connectivity index (χ1n) is 7.57. The van der Waals surface area contributed by atoms with Crippen LogP contribution in [-0.4, -0.2) is 22.5 Å². The van der Waals surface area contributed by atoms with Gasteiger partial charge in [-0.05, 0) is 30.4 Å². The summed E-state index contributed by atoms with van der Waals surface area (Å²) >= 11 is 0. The Labute approximate surface area is 117 Å². The Hall–Kier alpha value is -0.930. The van der Waals surface area contributed by atoms with Gasteiger partial charge in [-0.25, -0.2) is 0 Å². The van der Waals surface area contributed by atoms with Gasteiger partial charge in [-0.1, -0.05) is 32.8 Å². The Balaban J connectivity index is 2.01. The van der Waals surface area contributed by atoms with Crippen LogP contribution in [0.25, 0.3) is 0 Å². The molecule has 0 spiro atoms. The Morgan fingerprint density at radius 2 is 2.05 bits per heavy atom. The standard InChI is InChI=1S/C16H27N3/c1-13(2)11-19(16-5-3-4-6-16)12-15-8-7-14(9-17)10-18-15/h7-8,10,13,16H,3-6,9,11-12,17H2,1-2H3. The molecule has 3 nitrogen and oxygen atoms in total. The fourth-order valence-corrected chi connectivity index (χ4v) is 2.96. The van der Waals surface area contributed by atoms with Crippen molar-refractivity contribution >= 4 is 0 Å². The van der Waals surface area contributed by atoms with Crippen LogP contribution in [0.4, 0.5) is 0 Å². The van der Waals surface area contributed by atoms with Crippen LogP contribution in [-0.2, 0) is 13.1 Å². The summed E-state index contributed by atoms with van der Waals surface area (Å²) in [5.74, 6) is 0.712. The average Bonchev–Trinajstić information content (AvgIpc) is 2.92. The van der Waals surface area contributed by atoms with Crippen LogP contribution in [0.1, 0.15) is 50.8 Å². The van der Waals surface area contributed by atoms with Gasteiger partial charge in [0.25, 0.3) is 0 Å². The molecule has 0 aliphatic heterocycles. The predicted molar refractivity (Wildman–Crippen MR) is 79.6 cm³/mol. The van der Waals surface area contributed by atoms with E-state index < -0.39 is 0 Å². The van der Waals surface area contributed by atoms with Crippen LogP contribution in [0.3, 0.4) is 0 Å². The van der Waals surface area contributed by atoms with E-state index in [1.54, 1.807) is 0 Å². The summed E-state index contributed by atoms with van der Waals surface area (Å²) in [6, 6.07) is 4.99. The molecule has 19 heavy (non-hydrogen) atoms. The minimum Gasteiger partial charge on any atom is -0.326 e. The maximum Gasteiger partial charge on any atom is 0.0544 e. The molecule has 0 bridgehead atoms. The van der Waals surface area contributed by atoms with Crippen molar-refractivity contribution in [1.82, 2.24) is 9.88 Å². The van der Waals surface area contributed by atoms with Gasteiger partial charge in [0.1, 0.15) is 0 Å². The van der Waals surface area contributed by atoms with Crippen LogP contribution < -0.4 is 5.73 Å². The van der Waals surface area contributed by atoms with Gasteiger partial charge in [0.15, 0.2) is 0 Å². The second-order valence-corrected chi connectivity index (χ2v) is 6.12. The van der Waals surface area contributed by atoms with Crippen molar-refractivity contribution in [2.24, 2.45) is 11.7 Å². The molecule has 1 aromatic rings. The zero-order valence-electron chi connectivity index (χ0n) is 12.3. The predicted octanol–water partition coefficient (Wildman–Crippen LogP) is 2.94. The van der Waals surface area contributed by atoms with Crippen molar-refractivity contribution in [2.45, 2.75) is 58.7 Å². The summed E-state index contributed by atoms with van der Waals surface area (Å²) in [6.07, 6.45) is 7.40. The highest BCUT2D eigenvalue weighted by Gasteiger charge is 2.23. The topological polar surface area (TPSA) is 42.1 Å². The first-order valence-corrected chi connectivity index (χ1v) is 7.57. The molecule has 1 heterocycles. The molecule has 1 saturated carbocycles. The van der Waals surface area contributed by atoms with Crippen molar-refractivity contribution in [3.8, 4) is 0 Å². The maximum atomic E-state index is 5.62. The molecule has 0 atom stereocenters. The lowest BCUT2D eigenvalue weighted by molar-refractivity contribution is 0.166. The van der Waals surface area contributed by atoms with E-state index in [9.17, 15) is 0 Å². The number of hydrogen-bond acceptors (Lipinski definition) is 3. The van der Waals surface area contributed by atoms with Crippen molar-refractivity contribution in [2.75, 3.05) is 6.54 Å². The highest BCUT2D eigenvalue weighted by atomic mass is 15.2. The van der Waals surface area contributed by atoms with Gasteiger partial charge in [-0.3, -0.25) is 9.88 Å². The normalized spacial score (nSPS) is 16.7. The van der Waals surface area contributed by atoms with Gasteiger partial charge in [0, 0.05) is 31.9 Å². The summed E-state index contributed by atoms with van der Waals surface area (Å²) < 4.78 is 0. The summed E-state index contributed by atoms with van der Waals surface area (Å²) in [4.78, 5) is 7.17. The fraction of sp³-hybridized carbons (Fsp3) is 0.688. The molecule has 0 amide bonds. The smallest absolute Gasteiger partial charge is 0.0544 e. The molecule has 2 rings (SSSR count). The maximum absolute atomic E-state index is 5.62. The number of nitrogens with two attached hydrogens (primary N) is 1. The van der Waals surface area contributed by atoms with Gasteiger partial charge in [-0.2, -0.15) is 0 Å². The molecule has 2 N–H and O–H groups in total. The van der Waals surface area contributed by atoms with Crippen LogP contribution in [0, 0.1) is 5.92 Å². The van der Waals surface area contributed by atoms with E-state index in [0.717, 1.165) is 18.2 Å². The number of pyridine rings is 1. The van der Waals surface area contributed by atoms with Gasteiger partial charge in [0.05, 0.1) is 5.69 Å². The molecule has 0 aromatic carbocycles. The Morgan fingerprint density at radius 1 is 1.32 bits per heavy atom. The van der Waals surface area contributed by atoms with E-state index in [4.69, 9.17) is 5.73 Å². The quantitative estimate of drug-likeness (QED) is 0.856. The fourth-order valence-electron chi connectivity index (χ4n) is 2.96. The monoisotopic (exact) mass is 261 g/mol. The lowest BCUT2D eigenvalue weighted by atomic mass is 10.1. The Morgan fingerprint density at radius 3 is 2.58 bits per heavy atom. The first-order chi connectivity index (χ1) is 9.19. The molecule has 1 aliphatic rings. The second kappa shape index (κ2) is 7.01. The Bertz CT molecular complexity index is 366. The van der Waals surface area contributed by atoms with Crippen molar-refractivity contribution in [1.29, 1.82) is 0 Å². The lowest BCUT2D eigenvalue weighted by Gasteiger charge is -2.30. The van der Waals surface area contributed by atoms with Crippen LogP contribution in [0.15, 0.2) is 18.3 Å². The molecular formula is C16H27N3. The summed E-state index contributed by atoms with van der Waals surface area (Å²) in [5, 5.41) is 0. The van der Waals surface area contributed by atoms with Crippen LogP contribution in [0.5, 0.6) is 0 Å². The minimum atomic E-state index is 0.575. The second-order valence-electron chi connectivity index (χ2n) is 6.12. The molecule has 0 unspecified atom stereocenters. The number of aromatic nitrogens is 1. The average molecular weight is 261 g/mol. The lowest BCUT2D eigenvalue weighted by Crippen LogP contribution is -2.35. The van der Waals surface area contributed by atoms with Crippen molar-refractivity contribution in [3.63, 3.8) is 0 Å². The Kier molecular flexibility index (Phi) is 5.34. The third-order valence-corrected chi connectivity index (χ3v) is 3.93. The molecule has 0 saturated heterocycles. The molecule has 3 heteroatoms. The van der Waals surface area contributed by atoms with E-state index >= 15 is 0 Å². The summed E-state index contributed by atoms with van der Waals surface area (Å²) in [6.45, 7) is 7.32. The minimum absolute atomic E-state index is 0.575. The summed E-state index contributed by atoms with van der Waals surface area (Å²) in [5.41, 5.74) is 7.90. The zero-order chi connectivity index (χ0) is 13.7. The van der Waals surface area contributed by atoms with E-state index in [1.165, 1.54) is 37.9 Å². The number of hydrogen-bond donors (Lipinski definition) is 1. The highest BCUT2D eigenvalue weighted by Crippen LogP contribution is 2.25. The summed E-state index contributed by atoms with van der Waals surface area (Å²) in [7, 11) is 0. The number of nitrogens with zero attached hydrogens (tertiary/aromatic N) is 2. The molecular weight excluding hydrogens is 234 g/mol. The van der Waals surface area contributed by atoms with Crippen LogP contribution in [0.2, 0.25) is 0 Å². The van der Waals surface area contributed by atoms with Gasteiger partial charge < -0.3 is 5.73 Å². The van der Waals surface area contributed by atoms with Gasteiger partial charge >= 0.3 is 0 Å². The van der Waals surface area contributed by atoms with Gasteiger partial charge in [0.2, 0.25) is 0 Å². The molecule has 0 radical (unpaired) electrons. The third-order valence-electron chi connectivity index (χ3n) is 3.93. The van der Waals surface area contributed by atoms with Crippen molar-refractivity contribution < 1.29 is 0 Å². The molecule has 1 aliphatic carbocycles. The van der Waals surface area contributed by atoms with E-state index in [2.05, 4.69) is 35.9 Å². The van der Waals surface area contributed by atoms with Crippen molar-refractivity contribution in [3.05, 3.63) is 29.6 Å². The zero-order valence-corrected chi connectivity index (χ0v) is 12.3. The van der Waals surface area contributed by atoms with E-state index in [-0.39, 0.29) is 0 Å². The molecule has 1 fully saturated rings. The molecule has 1 aromatic heterocycles. The molecule has 106 valence electrons. The SMILES string of the molecule is CC(C)CN(Cc1ccc(CN)cn1)C1CCCC1. The highest BCUT2D eigenvalue weighted by molar-refractivity contribution is 5.13.